The van der Waals surface area contributed by atoms with Crippen molar-refractivity contribution >= 4 is 22.9 Å². The molecule has 1 aliphatic rings. The van der Waals surface area contributed by atoms with Gasteiger partial charge in [-0.25, -0.2) is 9.37 Å². The monoisotopic (exact) mass is 361 g/mol. The van der Waals surface area contributed by atoms with Crippen LogP contribution in [0, 0.1) is 18.7 Å². The van der Waals surface area contributed by atoms with E-state index in [1.54, 1.807) is 12.1 Å². The molecular formula is C19H24FN3OS. The number of hydrogen-bond donors (Lipinski definition) is 0. The third-order valence-corrected chi connectivity index (χ3v) is 5.55. The van der Waals surface area contributed by atoms with E-state index in [4.69, 9.17) is 0 Å². The highest BCUT2D eigenvalue weighted by Crippen LogP contribution is 2.24. The molecule has 0 atom stereocenters. The molecule has 0 saturated carbocycles. The molecule has 1 saturated heterocycles. The Balaban J connectivity index is 1.66. The lowest BCUT2D eigenvalue weighted by atomic mass is 10.1. The third kappa shape index (κ3) is 4.00. The van der Waals surface area contributed by atoms with Crippen LogP contribution in [-0.2, 0) is 6.42 Å². The van der Waals surface area contributed by atoms with Crippen LogP contribution in [0.5, 0.6) is 0 Å². The van der Waals surface area contributed by atoms with Crippen LogP contribution in [-0.4, -0.2) is 42.0 Å². The average Bonchev–Trinajstić information content (AvgIpc) is 2.94. The molecule has 0 aliphatic carbocycles. The Kier molecular flexibility index (Phi) is 5.37. The summed E-state index contributed by atoms with van der Waals surface area (Å²) in [6, 6.07) is 6.80. The molecule has 2 aromatic rings. The first-order valence-corrected chi connectivity index (χ1v) is 9.52. The van der Waals surface area contributed by atoms with E-state index in [2.05, 4.69) is 18.8 Å². The van der Waals surface area contributed by atoms with Gasteiger partial charge >= 0.3 is 0 Å². The molecule has 4 nitrogen and oxygen atoms in total. The van der Waals surface area contributed by atoms with Gasteiger partial charge in [-0.1, -0.05) is 26.0 Å². The fourth-order valence-corrected chi connectivity index (χ4v) is 4.33. The number of carbonyl (C=O) groups excluding carboxylic acids is 1. The molecule has 1 aliphatic heterocycles. The Labute approximate surface area is 152 Å². The maximum absolute atomic E-state index is 13.9. The van der Waals surface area contributed by atoms with Gasteiger partial charge in [-0.15, -0.1) is 11.3 Å². The zero-order chi connectivity index (χ0) is 18.0. The second kappa shape index (κ2) is 7.52. The number of amides is 1. The number of rotatable bonds is 4. The summed E-state index contributed by atoms with van der Waals surface area (Å²) < 4.78 is 13.9. The third-order valence-electron chi connectivity index (χ3n) is 4.38. The fraction of sp³-hybridized carbons (Fsp3) is 0.474. The lowest BCUT2D eigenvalue weighted by molar-refractivity contribution is 0.0750. The van der Waals surface area contributed by atoms with Crippen molar-refractivity contribution in [1.29, 1.82) is 0 Å². The van der Waals surface area contributed by atoms with Crippen molar-refractivity contribution in [3.8, 4) is 0 Å². The van der Waals surface area contributed by atoms with E-state index in [9.17, 15) is 9.18 Å². The lowest BCUT2D eigenvalue weighted by Gasteiger charge is -2.36. The number of benzene rings is 1. The largest absolute Gasteiger partial charge is 0.366 e. The molecule has 0 bridgehead atoms. The van der Waals surface area contributed by atoms with E-state index < -0.39 is 0 Å². The maximum atomic E-state index is 13.9. The average molecular weight is 361 g/mol. The van der Waals surface area contributed by atoms with E-state index >= 15 is 0 Å². The number of aryl methyl sites for hydroxylation is 1. The molecule has 25 heavy (non-hydrogen) atoms. The molecule has 1 amide bonds. The van der Waals surface area contributed by atoms with E-state index in [1.807, 2.05) is 22.8 Å². The SMILES string of the molecule is Cc1nc(CC(C)C)sc1C(=O)N1CCN(c2ccccc2F)CC1. The molecule has 134 valence electrons. The Morgan fingerprint density at radius 1 is 1.24 bits per heavy atom. The second-order valence-corrected chi connectivity index (χ2v) is 7.93. The Morgan fingerprint density at radius 2 is 1.92 bits per heavy atom. The minimum absolute atomic E-state index is 0.0539. The molecule has 1 aromatic heterocycles. The van der Waals surface area contributed by atoms with Crippen LogP contribution in [0.25, 0.3) is 0 Å². The van der Waals surface area contributed by atoms with Crippen molar-refractivity contribution in [1.82, 2.24) is 9.88 Å². The van der Waals surface area contributed by atoms with Gasteiger partial charge in [0, 0.05) is 32.6 Å². The Bertz CT molecular complexity index is 751. The number of para-hydroxylation sites is 1. The first-order valence-electron chi connectivity index (χ1n) is 8.70. The standard InChI is InChI=1S/C19H24FN3OS/c1-13(2)12-17-21-14(3)18(25-17)19(24)23-10-8-22(9-11-23)16-7-5-4-6-15(16)20/h4-7,13H,8-12H2,1-3H3. The van der Waals surface area contributed by atoms with Crippen molar-refractivity contribution in [2.45, 2.75) is 27.2 Å². The smallest absolute Gasteiger partial charge is 0.265 e. The maximum Gasteiger partial charge on any atom is 0.265 e. The number of anilines is 1. The molecule has 0 N–H and O–H groups in total. The molecule has 3 rings (SSSR count). The summed E-state index contributed by atoms with van der Waals surface area (Å²) in [4.78, 5) is 22.0. The van der Waals surface area contributed by atoms with Gasteiger partial charge in [-0.3, -0.25) is 4.79 Å². The molecule has 1 aromatic carbocycles. The normalized spacial score (nSPS) is 15.1. The van der Waals surface area contributed by atoms with Crippen LogP contribution in [0.2, 0.25) is 0 Å². The number of thiazole rings is 1. The van der Waals surface area contributed by atoms with Crippen LogP contribution in [0.15, 0.2) is 24.3 Å². The van der Waals surface area contributed by atoms with Gasteiger partial charge in [0.05, 0.1) is 16.4 Å². The predicted octanol–water partition coefficient (Wildman–Crippen LogP) is 3.75. The van der Waals surface area contributed by atoms with E-state index in [0.717, 1.165) is 22.0 Å². The van der Waals surface area contributed by atoms with E-state index in [1.165, 1.54) is 17.4 Å². The van der Waals surface area contributed by atoms with E-state index in [0.29, 0.717) is 37.8 Å². The van der Waals surface area contributed by atoms with Crippen LogP contribution < -0.4 is 4.90 Å². The fourth-order valence-electron chi connectivity index (χ4n) is 3.09. The topological polar surface area (TPSA) is 36.4 Å². The summed E-state index contributed by atoms with van der Waals surface area (Å²) in [7, 11) is 0. The van der Waals surface area contributed by atoms with Crippen molar-refractivity contribution in [3.05, 3.63) is 45.7 Å². The van der Waals surface area contributed by atoms with Crippen molar-refractivity contribution in [2.75, 3.05) is 31.1 Å². The van der Waals surface area contributed by atoms with E-state index in [-0.39, 0.29) is 11.7 Å². The summed E-state index contributed by atoms with van der Waals surface area (Å²) in [5.41, 5.74) is 1.44. The van der Waals surface area contributed by atoms with Crippen molar-refractivity contribution in [2.24, 2.45) is 5.92 Å². The van der Waals surface area contributed by atoms with Crippen molar-refractivity contribution < 1.29 is 9.18 Å². The van der Waals surface area contributed by atoms with Gasteiger partial charge in [0.2, 0.25) is 0 Å². The van der Waals surface area contributed by atoms with Crippen LogP contribution in [0.3, 0.4) is 0 Å². The first-order chi connectivity index (χ1) is 12.0. The summed E-state index contributed by atoms with van der Waals surface area (Å²) in [6.07, 6.45) is 0.903. The number of halogens is 1. The lowest BCUT2D eigenvalue weighted by Crippen LogP contribution is -2.49. The molecular weight excluding hydrogens is 337 g/mol. The zero-order valence-electron chi connectivity index (χ0n) is 15.0. The first kappa shape index (κ1) is 17.9. The molecule has 6 heteroatoms. The van der Waals surface area contributed by atoms with Crippen LogP contribution >= 0.6 is 11.3 Å². The minimum atomic E-state index is -0.209. The summed E-state index contributed by atoms with van der Waals surface area (Å²) in [5, 5.41) is 1.03. The van der Waals surface area contributed by atoms with Gasteiger partial charge in [-0.2, -0.15) is 0 Å². The number of aromatic nitrogens is 1. The van der Waals surface area contributed by atoms with Gasteiger partial charge < -0.3 is 9.80 Å². The quantitative estimate of drug-likeness (QED) is 0.832. The highest BCUT2D eigenvalue weighted by molar-refractivity contribution is 7.13. The van der Waals surface area contributed by atoms with Gasteiger partial charge in [-0.05, 0) is 25.0 Å². The zero-order valence-corrected chi connectivity index (χ0v) is 15.8. The second-order valence-electron chi connectivity index (χ2n) is 6.85. The Morgan fingerprint density at radius 3 is 2.56 bits per heavy atom. The molecule has 0 unspecified atom stereocenters. The molecule has 2 heterocycles. The van der Waals surface area contributed by atoms with Gasteiger partial charge in [0.25, 0.3) is 5.91 Å². The number of hydrogen-bond acceptors (Lipinski definition) is 4. The van der Waals surface area contributed by atoms with Crippen molar-refractivity contribution in [3.63, 3.8) is 0 Å². The summed E-state index contributed by atoms with van der Waals surface area (Å²) in [6.45, 7) is 8.70. The molecule has 0 radical (unpaired) electrons. The number of piperazine rings is 1. The highest BCUT2D eigenvalue weighted by atomic mass is 32.1. The summed E-state index contributed by atoms with van der Waals surface area (Å²) in [5.74, 6) is 0.370. The number of carbonyl (C=O) groups is 1. The minimum Gasteiger partial charge on any atom is -0.366 e. The van der Waals surface area contributed by atoms with Crippen LogP contribution in [0.1, 0.15) is 34.2 Å². The highest BCUT2D eigenvalue weighted by Gasteiger charge is 2.26. The Hall–Kier alpha value is -1.95. The molecule has 0 spiro atoms. The van der Waals surface area contributed by atoms with Gasteiger partial charge in [0.15, 0.2) is 0 Å². The van der Waals surface area contributed by atoms with Crippen LogP contribution in [0.4, 0.5) is 10.1 Å². The number of nitrogens with zero attached hydrogens (tertiary/aromatic N) is 3. The predicted molar refractivity (Wildman–Crippen MR) is 99.9 cm³/mol. The van der Waals surface area contributed by atoms with Gasteiger partial charge in [0.1, 0.15) is 10.7 Å². The molecule has 1 fully saturated rings. The summed E-state index contributed by atoms with van der Waals surface area (Å²) >= 11 is 1.51.